The fourth-order valence-electron chi connectivity index (χ4n) is 3.21. The van der Waals surface area contributed by atoms with Crippen LogP contribution in [0.15, 0.2) is 78.9 Å². The van der Waals surface area contributed by atoms with Crippen molar-refractivity contribution < 1.29 is 9.59 Å². The summed E-state index contributed by atoms with van der Waals surface area (Å²) in [5.74, 6) is -0.188. The van der Waals surface area contributed by atoms with E-state index < -0.39 is 0 Å². The lowest BCUT2D eigenvalue weighted by Gasteiger charge is -2.20. The molecule has 0 atom stereocenters. The summed E-state index contributed by atoms with van der Waals surface area (Å²) in [6.07, 6.45) is 0. The van der Waals surface area contributed by atoms with Gasteiger partial charge in [0.15, 0.2) is 0 Å². The second-order valence-electron chi connectivity index (χ2n) is 7.17. The molecule has 3 aromatic carbocycles. The van der Waals surface area contributed by atoms with Gasteiger partial charge in [0.25, 0.3) is 0 Å². The Kier molecular flexibility index (Phi) is 7.35. The number of benzene rings is 3. The number of anilines is 2. The number of nitrogens with zero attached hydrogens (tertiary/aromatic N) is 1. The maximum atomic E-state index is 12.5. The molecule has 30 heavy (non-hydrogen) atoms. The molecule has 2 amide bonds. The third kappa shape index (κ3) is 6.29. The summed E-state index contributed by atoms with van der Waals surface area (Å²) in [6.45, 7) is 5.30. The summed E-state index contributed by atoms with van der Waals surface area (Å²) in [5.41, 5.74) is 4.96. The van der Waals surface area contributed by atoms with E-state index in [9.17, 15) is 9.59 Å². The van der Waals surface area contributed by atoms with Gasteiger partial charge >= 0.3 is 0 Å². The van der Waals surface area contributed by atoms with Crippen LogP contribution in [0.3, 0.4) is 0 Å². The number of amides is 2. The molecule has 0 spiro atoms. The number of likely N-dealkylation sites (N-methyl/N-ethyl adjacent to an activating group) is 1. The largest absolute Gasteiger partial charge is 0.326 e. The highest BCUT2D eigenvalue weighted by molar-refractivity contribution is 5.93. The van der Waals surface area contributed by atoms with E-state index >= 15 is 0 Å². The number of carbonyl (C=O) groups excluding carboxylic acids is 2. The van der Waals surface area contributed by atoms with Crippen molar-refractivity contribution >= 4 is 23.2 Å². The number of hydrogen-bond donors (Lipinski definition) is 2. The number of nitrogens with one attached hydrogen (secondary N) is 2. The van der Waals surface area contributed by atoms with Gasteiger partial charge in [0.2, 0.25) is 11.8 Å². The van der Waals surface area contributed by atoms with Crippen LogP contribution in [-0.4, -0.2) is 29.8 Å². The first-order valence-electron chi connectivity index (χ1n) is 10.1. The first-order chi connectivity index (χ1) is 14.5. The van der Waals surface area contributed by atoms with Crippen molar-refractivity contribution in [1.82, 2.24) is 4.90 Å². The summed E-state index contributed by atoms with van der Waals surface area (Å²) in [7, 11) is 0. The molecule has 0 aromatic heterocycles. The van der Waals surface area contributed by atoms with E-state index in [2.05, 4.69) is 51.9 Å². The van der Waals surface area contributed by atoms with Gasteiger partial charge in [-0.25, -0.2) is 0 Å². The third-order valence-electron chi connectivity index (χ3n) is 4.77. The van der Waals surface area contributed by atoms with Crippen molar-refractivity contribution in [3.05, 3.63) is 84.4 Å². The smallest absolute Gasteiger partial charge is 0.238 e. The minimum Gasteiger partial charge on any atom is -0.326 e. The van der Waals surface area contributed by atoms with Crippen molar-refractivity contribution in [2.75, 3.05) is 23.7 Å². The molecule has 0 saturated carbocycles. The van der Waals surface area contributed by atoms with E-state index in [4.69, 9.17) is 0 Å². The fraction of sp³-hybridized carbons (Fsp3) is 0.200. The molecule has 0 heterocycles. The maximum Gasteiger partial charge on any atom is 0.238 e. The normalized spacial score (nSPS) is 10.6. The minimum absolute atomic E-state index is 0.0648. The molecule has 0 radical (unpaired) electrons. The zero-order chi connectivity index (χ0) is 21.3. The van der Waals surface area contributed by atoms with Crippen molar-refractivity contribution in [1.29, 1.82) is 0 Å². The van der Waals surface area contributed by atoms with Crippen LogP contribution in [0, 0.1) is 0 Å². The van der Waals surface area contributed by atoms with Gasteiger partial charge in [-0.1, -0.05) is 61.5 Å². The summed E-state index contributed by atoms with van der Waals surface area (Å²) >= 11 is 0. The van der Waals surface area contributed by atoms with Gasteiger partial charge in [-0.15, -0.1) is 0 Å². The van der Waals surface area contributed by atoms with Crippen molar-refractivity contribution in [3.63, 3.8) is 0 Å². The Hall–Kier alpha value is -3.44. The molecule has 5 nitrogen and oxygen atoms in total. The molecule has 0 aliphatic carbocycles. The van der Waals surface area contributed by atoms with Crippen LogP contribution in [0.2, 0.25) is 0 Å². The van der Waals surface area contributed by atoms with Gasteiger partial charge < -0.3 is 10.6 Å². The first-order valence-corrected chi connectivity index (χ1v) is 10.1. The second kappa shape index (κ2) is 10.4. The van der Waals surface area contributed by atoms with Crippen molar-refractivity contribution in [3.8, 4) is 11.1 Å². The van der Waals surface area contributed by atoms with Gasteiger partial charge in [-0.05, 0) is 47.5 Å². The molecular formula is C25H27N3O2. The molecule has 2 N–H and O–H groups in total. The quantitative estimate of drug-likeness (QED) is 0.571. The van der Waals surface area contributed by atoms with Crippen molar-refractivity contribution in [2.24, 2.45) is 0 Å². The van der Waals surface area contributed by atoms with Crippen molar-refractivity contribution in [2.45, 2.75) is 20.4 Å². The maximum absolute atomic E-state index is 12.5. The third-order valence-corrected chi connectivity index (χ3v) is 4.77. The number of carbonyl (C=O) groups is 2. The average molecular weight is 402 g/mol. The predicted molar refractivity (Wildman–Crippen MR) is 122 cm³/mol. The lowest BCUT2D eigenvalue weighted by molar-refractivity contribution is -0.117. The Morgan fingerprint density at radius 2 is 1.33 bits per heavy atom. The molecular weight excluding hydrogens is 374 g/mol. The highest BCUT2D eigenvalue weighted by Gasteiger charge is 2.10. The highest BCUT2D eigenvalue weighted by Crippen LogP contribution is 2.20. The SMILES string of the molecule is CCN(CC(=O)Nc1ccc(NC(C)=O)cc1)Cc1ccc(-c2ccccc2)cc1. The van der Waals surface area contributed by atoms with Gasteiger partial charge in [-0.2, -0.15) is 0 Å². The van der Waals surface area contributed by atoms with E-state index in [1.807, 2.05) is 25.1 Å². The summed E-state index contributed by atoms with van der Waals surface area (Å²) in [4.78, 5) is 25.6. The lowest BCUT2D eigenvalue weighted by Crippen LogP contribution is -2.32. The molecule has 0 aliphatic heterocycles. The van der Waals surface area contributed by atoms with Crippen LogP contribution in [0.1, 0.15) is 19.4 Å². The zero-order valence-corrected chi connectivity index (χ0v) is 17.4. The van der Waals surface area contributed by atoms with E-state index in [1.165, 1.54) is 23.6 Å². The van der Waals surface area contributed by atoms with E-state index in [0.717, 1.165) is 6.54 Å². The van der Waals surface area contributed by atoms with E-state index in [0.29, 0.717) is 24.5 Å². The Balaban J connectivity index is 1.54. The first kappa shape index (κ1) is 21.3. The van der Waals surface area contributed by atoms with Gasteiger partial charge in [-0.3, -0.25) is 14.5 Å². The monoisotopic (exact) mass is 401 g/mol. The Bertz CT molecular complexity index is 968. The molecule has 0 bridgehead atoms. The van der Waals surface area contributed by atoms with Crippen LogP contribution in [-0.2, 0) is 16.1 Å². The molecule has 0 unspecified atom stereocenters. The number of rotatable bonds is 8. The molecule has 0 saturated heterocycles. The van der Waals surface area contributed by atoms with E-state index in [-0.39, 0.29) is 11.8 Å². The highest BCUT2D eigenvalue weighted by atomic mass is 16.2. The molecule has 3 rings (SSSR count). The minimum atomic E-state index is -0.123. The van der Waals surface area contributed by atoms with Gasteiger partial charge in [0.1, 0.15) is 0 Å². The molecule has 5 heteroatoms. The van der Waals surface area contributed by atoms with Gasteiger partial charge in [0.05, 0.1) is 6.54 Å². The van der Waals surface area contributed by atoms with Gasteiger partial charge in [0, 0.05) is 24.8 Å². The predicted octanol–water partition coefficient (Wildman–Crippen LogP) is 4.77. The Morgan fingerprint density at radius 3 is 1.90 bits per heavy atom. The molecule has 3 aromatic rings. The van der Waals surface area contributed by atoms with E-state index in [1.54, 1.807) is 24.3 Å². The Morgan fingerprint density at radius 1 is 0.767 bits per heavy atom. The Labute approximate surface area is 177 Å². The lowest BCUT2D eigenvalue weighted by atomic mass is 10.0. The topological polar surface area (TPSA) is 61.4 Å². The summed E-state index contributed by atoms with van der Waals surface area (Å²) < 4.78 is 0. The van der Waals surface area contributed by atoms with Crippen LogP contribution in [0.5, 0.6) is 0 Å². The summed E-state index contributed by atoms with van der Waals surface area (Å²) in [6, 6.07) is 25.8. The standard InChI is InChI=1S/C25H27N3O2/c1-3-28(17-20-9-11-22(12-10-20)21-7-5-4-6-8-21)18-25(30)27-24-15-13-23(14-16-24)26-19(2)29/h4-16H,3,17-18H2,1-2H3,(H,26,29)(H,27,30). The molecule has 154 valence electrons. The fourth-order valence-corrected chi connectivity index (χ4v) is 3.21. The summed E-state index contributed by atoms with van der Waals surface area (Å²) in [5, 5.41) is 5.62. The second-order valence-corrected chi connectivity index (χ2v) is 7.17. The average Bonchev–Trinajstić information content (AvgIpc) is 2.75. The zero-order valence-electron chi connectivity index (χ0n) is 17.4. The molecule has 0 fully saturated rings. The molecule has 0 aliphatic rings. The van der Waals surface area contributed by atoms with Crippen LogP contribution < -0.4 is 10.6 Å². The van der Waals surface area contributed by atoms with Crippen LogP contribution >= 0.6 is 0 Å². The number of hydrogen-bond acceptors (Lipinski definition) is 3. The van der Waals surface area contributed by atoms with Crippen LogP contribution in [0.4, 0.5) is 11.4 Å². The van der Waals surface area contributed by atoms with Crippen LogP contribution in [0.25, 0.3) is 11.1 Å².